The number of piperazine rings is 1. The van der Waals surface area contributed by atoms with Gasteiger partial charge in [0.25, 0.3) is 5.91 Å². The van der Waals surface area contributed by atoms with Crippen LogP contribution >= 0.6 is 0 Å². The summed E-state index contributed by atoms with van der Waals surface area (Å²) in [7, 11) is 0. The highest BCUT2D eigenvalue weighted by molar-refractivity contribution is 5.94. The van der Waals surface area contributed by atoms with Crippen molar-refractivity contribution in [3.05, 3.63) is 65.9 Å². The average Bonchev–Trinajstić information content (AvgIpc) is 2.73. The van der Waals surface area contributed by atoms with Crippen molar-refractivity contribution >= 4 is 23.4 Å². The van der Waals surface area contributed by atoms with Crippen molar-refractivity contribution < 1.29 is 4.79 Å². The van der Waals surface area contributed by atoms with Crippen molar-refractivity contribution in [1.29, 1.82) is 0 Å². The Hall–Kier alpha value is -3.55. The van der Waals surface area contributed by atoms with E-state index in [1.807, 2.05) is 36.9 Å². The molecule has 0 spiro atoms. The number of amides is 1. The molecule has 0 atom stereocenters. The average molecular weight is 389 g/mol. The molecule has 4 heterocycles. The normalized spacial score (nSPS) is 14.0. The Morgan fingerprint density at radius 1 is 0.931 bits per heavy atom. The maximum Gasteiger partial charge on any atom is 0.254 e. The summed E-state index contributed by atoms with van der Waals surface area (Å²) in [5.41, 5.74) is 1.80. The highest BCUT2D eigenvalue weighted by atomic mass is 16.2. The number of hydrogen-bond acceptors (Lipinski definition) is 7. The molecule has 0 aliphatic carbocycles. The molecule has 3 aromatic heterocycles. The lowest BCUT2D eigenvalue weighted by molar-refractivity contribution is 0.0746. The van der Waals surface area contributed by atoms with Gasteiger partial charge in [0, 0.05) is 56.4 Å². The van der Waals surface area contributed by atoms with Crippen molar-refractivity contribution in [2.24, 2.45) is 0 Å². The van der Waals surface area contributed by atoms with Crippen LogP contribution in [-0.4, -0.2) is 56.9 Å². The molecule has 148 valence electrons. The van der Waals surface area contributed by atoms with Crippen molar-refractivity contribution in [3.63, 3.8) is 0 Å². The molecule has 1 saturated heterocycles. The van der Waals surface area contributed by atoms with Gasteiger partial charge in [-0.05, 0) is 43.7 Å². The topological polar surface area (TPSA) is 87.1 Å². The van der Waals surface area contributed by atoms with E-state index in [-0.39, 0.29) is 5.91 Å². The molecule has 0 aromatic carbocycles. The molecule has 8 heteroatoms. The number of carbonyl (C=O) groups excluding carboxylic acids is 1. The summed E-state index contributed by atoms with van der Waals surface area (Å²) < 4.78 is 0. The molecular weight excluding hydrogens is 366 g/mol. The fourth-order valence-electron chi connectivity index (χ4n) is 3.33. The van der Waals surface area contributed by atoms with Gasteiger partial charge in [-0.25, -0.2) is 15.0 Å². The van der Waals surface area contributed by atoms with E-state index in [0.717, 1.165) is 30.3 Å². The van der Waals surface area contributed by atoms with E-state index in [1.54, 1.807) is 30.7 Å². The van der Waals surface area contributed by atoms with Crippen LogP contribution in [-0.2, 0) is 0 Å². The van der Waals surface area contributed by atoms with Crippen LogP contribution in [0.2, 0.25) is 0 Å². The molecule has 1 aliphatic rings. The summed E-state index contributed by atoms with van der Waals surface area (Å²) in [5, 5.41) is 3.25. The standard InChI is InChI=1S/C21H23N7O/c1-15-3-8-23-18(13-15)26-19-14-20(25-16(2)24-19)27-9-11-28(12-10-27)21(29)17-4-6-22-7-5-17/h3-8,13-14H,9-12H2,1-2H3,(H,23,24,25,26). The summed E-state index contributed by atoms with van der Waals surface area (Å²) in [6.07, 6.45) is 5.06. The quantitative estimate of drug-likeness (QED) is 0.734. The number of carbonyl (C=O) groups is 1. The summed E-state index contributed by atoms with van der Waals surface area (Å²) in [6, 6.07) is 9.35. The lowest BCUT2D eigenvalue weighted by Gasteiger charge is -2.35. The summed E-state index contributed by atoms with van der Waals surface area (Å²) >= 11 is 0. The number of aromatic nitrogens is 4. The summed E-state index contributed by atoms with van der Waals surface area (Å²) in [5.74, 6) is 3.04. The zero-order valence-corrected chi connectivity index (χ0v) is 16.5. The second-order valence-electron chi connectivity index (χ2n) is 7.02. The Labute approximate surface area is 169 Å². The number of rotatable bonds is 4. The molecule has 0 bridgehead atoms. The largest absolute Gasteiger partial charge is 0.353 e. The predicted molar refractivity (Wildman–Crippen MR) is 111 cm³/mol. The van der Waals surface area contributed by atoms with E-state index in [4.69, 9.17) is 0 Å². The molecule has 8 nitrogen and oxygen atoms in total. The van der Waals surface area contributed by atoms with Crippen LogP contribution in [0, 0.1) is 13.8 Å². The van der Waals surface area contributed by atoms with Crippen LogP contribution in [0.5, 0.6) is 0 Å². The summed E-state index contributed by atoms with van der Waals surface area (Å²) in [4.78, 5) is 34.0. The minimum Gasteiger partial charge on any atom is -0.353 e. The van der Waals surface area contributed by atoms with Gasteiger partial charge in [0.2, 0.25) is 0 Å². The molecule has 1 fully saturated rings. The van der Waals surface area contributed by atoms with Gasteiger partial charge in [0.1, 0.15) is 23.3 Å². The first-order valence-electron chi connectivity index (χ1n) is 9.58. The van der Waals surface area contributed by atoms with Gasteiger partial charge in [0.05, 0.1) is 0 Å². The van der Waals surface area contributed by atoms with Crippen LogP contribution < -0.4 is 10.2 Å². The van der Waals surface area contributed by atoms with Gasteiger partial charge < -0.3 is 15.1 Å². The minimum atomic E-state index is 0.0406. The molecule has 0 unspecified atom stereocenters. The van der Waals surface area contributed by atoms with Crippen molar-refractivity contribution in [1.82, 2.24) is 24.8 Å². The SMILES string of the molecule is Cc1ccnc(Nc2cc(N3CCN(C(=O)c4ccncc4)CC3)nc(C)n2)c1. The van der Waals surface area contributed by atoms with Crippen LogP contribution in [0.3, 0.4) is 0 Å². The Kier molecular flexibility index (Phi) is 5.33. The van der Waals surface area contributed by atoms with Gasteiger partial charge in [0.15, 0.2) is 0 Å². The second-order valence-corrected chi connectivity index (χ2v) is 7.02. The lowest BCUT2D eigenvalue weighted by Crippen LogP contribution is -2.49. The Morgan fingerprint density at radius 2 is 1.69 bits per heavy atom. The maximum absolute atomic E-state index is 12.6. The van der Waals surface area contributed by atoms with Crippen LogP contribution in [0.1, 0.15) is 21.7 Å². The molecule has 29 heavy (non-hydrogen) atoms. The Morgan fingerprint density at radius 3 is 2.41 bits per heavy atom. The van der Waals surface area contributed by atoms with Crippen LogP contribution in [0.15, 0.2) is 48.9 Å². The van der Waals surface area contributed by atoms with Crippen molar-refractivity contribution in [2.45, 2.75) is 13.8 Å². The molecule has 0 saturated carbocycles. The lowest BCUT2D eigenvalue weighted by atomic mass is 10.2. The molecule has 3 aromatic rings. The van der Waals surface area contributed by atoms with Gasteiger partial charge in [-0.15, -0.1) is 0 Å². The highest BCUT2D eigenvalue weighted by Crippen LogP contribution is 2.21. The molecule has 1 amide bonds. The molecule has 1 N–H and O–H groups in total. The van der Waals surface area contributed by atoms with E-state index >= 15 is 0 Å². The van der Waals surface area contributed by atoms with Gasteiger partial charge in [-0.2, -0.15) is 0 Å². The van der Waals surface area contributed by atoms with E-state index in [1.165, 1.54) is 0 Å². The third kappa shape index (κ3) is 4.48. The van der Waals surface area contributed by atoms with Gasteiger partial charge >= 0.3 is 0 Å². The Bertz CT molecular complexity index is 1000. The molecule has 0 radical (unpaired) electrons. The minimum absolute atomic E-state index is 0.0406. The number of aryl methyl sites for hydroxylation is 2. The predicted octanol–water partition coefficient (Wildman–Crippen LogP) is 2.59. The van der Waals surface area contributed by atoms with E-state index in [0.29, 0.717) is 30.3 Å². The molecular formula is C21H23N7O. The van der Waals surface area contributed by atoms with Crippen molar-refractivity contribution in [3.8, 4) is 0 Å². The third-order valence-corrected chi connectivity index (χ3v) is 4.81. The fraction of sp³-hybridized carbons (Fsp3) is 0.286. The second kappa shape index (κ2) is 8.22. The first-order valence-corrected chi connectivity index (χ1v) is 9.58. The Balaban J connectivity index is 1.44. The zero-order valence-electron chi connectivity index (χ0n) is 16.5. The number of pyridine rings is 2. The van der Waals surface area contributed by atoms with Crippen molar-refractivity contribution in [2.75, 3.05) is 36.4 Å². The fourth-order valence-corrected chi connectivity index (χ4v) is 3.33. The summed E-state index contributed by atoms with van der Waals surface area (Å²) in [6.45, 7) is 6.63. The number of hydrogen-bond donors (Lipinski definition) is 1. The van der Waals surface area contributed by atoms with E-state index < -0.39 is 0 Å². The monoisotopic (exact) mass is 389 g/mol. The van der Waals surface area contributed by atoms with Gasteiger partial charge in [-0.3, -0.25) is 9.78 Å². The number of nitrogens with one attached hydrogen (secondary N) is 1. The smallest absolute Gasteiger partial charge is 0.254 e. The van der Waals surface area contributed by atoms with E-state index in [9.17, 15) is 4.79 Å². The van der Waals surface area contributed by atoms with Crippen LogP contribution in [0.25, 0.3) is 0 Å². The number of anilines is 3. The highest BCUT2D eigenvalue weighted by Gasteiger charge is 2.23. The molecule has 4 rings (SSSR count). The zero-order chi connectivity index (χ0) is 20.2. The molecule has 1 aliphatic heterocycles. The van der Waals surface area contributed by atoms with E-state index in [2.05, 4.69) is 30.2 Å². The number of nitrogens with zero attached hydrogens (tertiary/aromatic N) is 6. The maximum atomic E-state index is 12.6. The van der Waals surface area contributed by atoms with Gasteiger partial charge in [-0.1, -0.05) is 0 Å². The van der Waals surface area contributed by atoms with Crippen LogP contribution in [0.4, 0.5) is 17.5 Å². The third-order valence-electron chi connectivity index (χ3n) is 4.81. The first-order chi connectivity index (χ1) is 14.1. The first kappa shape index (κ1) is 18.8.